The highest BCUT2D eigenvalue weighted by atomic mass is 16.3. The normalized spacial score (nSPS) is 10.4. The van der Waals surface area contributed by atoms with Gasteiger partial charge in [-0.1, -0.05) is 0 Å². The Balaban J connectivity index is 2.10. The van der Waals surface area contributed by atoms with Crippen molar-refractivity contribution in [3.8, 4) is 17.4 Å². The van der Waals surface area contributed by atoms with Crippen molar-refractivity contribution in [2.45, 2.75) is 0 Å². The number of aromatic nitrogens is 4. The fourth-order valence-corrected chi connectivity index (χ4v) is 1.66. The summed E-state index contributed by atoms with van der Waals surface area (Å²) in [5.41, 5.74) is 5.11. The molecule has 0 fully saturated rings. The van der Waals surface area contributed by atoms with E-state index in [4.69, 9.17) is 10.2 Å². The zero-order chi connectivity index (χ0) is 13.9. The van der Waals surface area contributed by atoms with Crippen LogP contribution >= 0.6 is 0 Å². The van der Waals surface area contributed by atoms with Crippen molar-refractivity contribution in [1.82, 2.24) is 19.7 Å². The van der Waals surface area contributed by atoms with Gasteiger partial charge in [0.05, 0.1) is 6.26 Å². The van der Waals surface area contributed by atoms with Crippen LogP contribution in [-0.2, 0) is 0 Å². The second-order valence-corrected chi connectivity index (χ2v) is 3.85. The Bertz CT molecular complexity index is 668. The van der Waals surface area contributed by atoms with E-state index in [0.717, 1.165) is 0 Å². The second kappa shape index (κ2) is 4.84. The van der Waals surface area contributed by atoms with Crippen LogP contribution in [0.1, 0.15) is 0 Å². The fourth-order valence-electron chi connectivity index (χ4n) is 1.66. The van der Waals surface area contributed by atoms with E-state index in [1.807, 2.05) is 0 Å². The number of carbonyl (C=O) groups is 1. The molecule has 3 aromatic rings. The van der Waals surface area contributed by atoms with Crippen LogP contribution in [0.5, 0.6) is 0 Å². The van der Waals surface area contributed by atoms with Gasteiger partial charge in [0, 0.05) is 18.5 Å². The maximum atomic E-state index is 11.0. The van der Waals surface area contributed by atoms with E-state index in [2.05, 4.69) is 20.4 Å². The van der Waals surface area contributed by atoms with Crippen LogP contribution in [0.4, 0.5) is 10.6 Å². The highest BCUT2D eigenvalue weighted by molar-refractivity contribution is 5.87. The fraction of sp³-hybridized carbons (Fsp3) is 0. The van der Waals surface area contributed by atoms with Crippen LogP contribution in [0.2, 0.25) is 0 Å². The van der Waals surface area contributed by atoms with Crippen molar-refractivity contribution in [3.05, 3.63) is 42.9 Å². The monoisotopic (exact) mass is 270 g/mol. The predicted molar refractivity (Wildman–Crippen MR) is 70.1 cm³/mol. The molecular weight excluding hydrogens is 260 g/mol. The lowest BCUT2D eigenvalue weighted by Crippen LogP contribution is -2.20. The first kappa shape index (κ1) is 11.9. The van der Waals surface area contributed by atoms with Crippen LogP contribution in [0.25, 0.3) is 17.4 Å². The molecule has 0 aromatic carbocycles. The molecule has 0 spiro atoms. The Morgan fingerprint density at radius 3 is 2.90 bits per heavy atom. The van der Waals surface area contributed by atoms with Crippen molar-refractivity contribution in [1.29, 1.82) is 0 Å². The molecule has 3 N–H and O–H groups in total. The van der Waals surface area contributed by atoms with E-state index < -0.39 is 6.03 Å². The number of carbonyl (C=O) groups excluding carboxylic acids is 1. The molecule has 0 aliphatic carbocycles. The lowest BCUT2D eigenvalue weighted by atomic mass is 10.4. The standard InChI is InChI=1S/C12H10N6O2/c13-12(19)16-9-7-10(18-5-2-4-14-18)17-11(15-9)8-3-1-6-20-8/h1-7H,(H3,13,15,16,17,19). The van der Waals surface area contributed by atoms with Gasteiger partial charge in [-0.3, -0.25) is 5.32 Å². The summed E-state index contributed by atoms with van der Waals surface area (Å²) in [4.78, 5) is 19.5. The lowest BCUT2D eigenvalue weighted by Gasteiger charge is -2.06. The first-order valence-electron chi connectivity index (χ1n) is 5.72. The molecule has 3 heterocycles. The van der Waals surface area contributed by atoms with Gasteiger partial charge in [-0.25, -0.2) is 19.4 Å². The smallest absolute Gasteiger partial charge is 0.317 e. The van der Waals surface area contributed by atoms with Crippen LogP contribution in [0.15, 0.2) is 47.3 Å². The zero-order valence-electron chi connectivity index (χ0n) is 10.2. The van der Waals surface area contributed by atoms with Crippen LogP contribution < -0.4 is 11.1 Å². The summed E-state index contributed by atoms with van der Waals surface area (Å²) in [6.07, 6.45) is 4.86. The molecule has 8 heteroatoms. The summed E-state index contributed by atoms with van der Waals surface area (Å²) >= 11 is 0. The molecule has 20 heavy (non-hydrogen) atoms. The highest BCUT2D eigenvalue weighted by Crippen LogP contribution is 2.19. The van der Waals surface area contributed by atoms with Gasteiger partial charge in [0.2, 0.25) is 0 Å². The molecule has 2 amide bonds. The topological polar surface area (TPSA) is 112 Å². The molecule has 0 saturated heterocycles. The van der Waals surface area contributed by atoms with Crippen molar-refractivity contribution in [2.75, 3.05) is 5.32 Å². The molecule has 3 aromatic heterocycles. The molecular formula is C12H10N6O2. The first-order valence-corrected chi connectivity index (χ1v) is 5.72. The number of nitrogens with one attached hydrogen (secondary N) is 1. The number of rotatable bonds is 3. The Morgan fingerprint density at radius 2 is 2.25 bits per heavy atom. The first-order chi connectivity index (χ1) is 9.72. The summed E-state index contributed by atoms with van der Waals surface area (Å²) in [7, 11) is 0. The van der Waals surface area contributed by atoms with Gasteiger partial charge in [-0.15, -0.1) is 0 Å². The van der Waals surface area contributed by atoms with Crippen LogP contribution in [-0.4, -0.2) is 25.8 Å². The van der Waals surface area contributed by atoms with Gasteiger partial charge in [0.1, 0.15) is 5.82 Å². The largest absolute Gasteiger partial charge is 0.461 e. The van der Waals surface area contributed by atoms with E-state index in [0.29, 0.717) is 17.4 Å². The number of amides is 2. The Morgan fingerprint density at radius 1 is 1.35 bits per heavy atom. The number of urea groups is 1. The zero-order valence-corrected chi connectivity index (χ0v) is 10.2. The molecule has 0 saturated carbocycles. The third kappa shape index (κ3) is 2.34. The Labute approximate surface area is 113 Å². The van der Waals surface area contributed by atoms with E-state index >= 15 is 0 Å². The molecule has 3 rings (SSSR count). The Kier molecular flexibility index (Phi) is 2.88. The van der Waals surface area contributed by atoms with Gasteiger partial charge in [0.25, 0.3) is 0 Å². The molecule has 0 unspecified atom stereocenters. The molecule has 0 aliphatic heterocycles. The maximum Gasteiger partial charge on any atom is 0.317 e. The van der Waals surface area contributed by atoms with Crippen LogP contribution in [0.3, 0.4) is 0 Å². The average Bonchev–Trinajstić information content (AvgIpc) is 3.11. The number of furan rings is 1. The van der Waals surface area contributed by atoms with Gasteiger partial charge in [-0.2, -0.15) is 5.10 Å². The predicted octanol–water partition coefficient (Wildman–Crippen LogP) is 1.41. The number of nitrogens with zero attached hydrogens (tertiary/aromatic N) is 4. The van der Waals surface area contributed by atoms with E-state index in [1.54, 1.807) is 41.3 Å². The molecule has 8 nitrogen and oxygen atoms in total. The highest BCUT2D eigenvalue weighted by Gasteiger charge is 2.11. The summed E-state index contributed by atoms with van der Waals surface area (Å²) in [6.45, 7) is 0. The van der Waals surface area contributed by atoms with Gasteiger partial charge < -0.3 is 10.2 Å². The number of nitrogens with two attached hydrogens (primary N) is 1. The molecule has 0 aliphatic rings. The average molecular weight is 270 g/mol. The van der Waals surface area contributed by atoms with E-state index in [9.17, 15) is 4.79 Å². The molecule has 0 radical (unpaired) electrons. The summed E-state index contributed by atoms with van der Waals surface area (Å²) in [5.74, 6) is 1.56. The molecule has 100 valence electrons. The lowest BCUT2D eigenvalue weighted by molar-refractivity contribution is 0.259. The van der Waals surface area contributed by atoms with Crippen molar-refractivity contribution < 1.29 is 9.21 Å². The number of primary amides is 1. The maximum absolute atomic E-state index is 11.0. The van der Waals surface area contributed by atoms with Gasteiger partial charge >= 0.3 is 6.03 Å². The van der Waals surface area contributed by atoms with Crippen LogP contribution in [0, 0.1) is 0 Å². The third-order valence-corrected chi connectivity index (χ3v) is 2.44. The molecule has 0 bridgehead atoms. The van der Waals surface area contributed by atoms with Gasteiger partial charge in [0.15, 0.2) is 17.4 Å². The Hall–Kier alpha value is -3.16. The number of hydrogen-bond donors (Lipinski definition) is 2. The van der Waals surface area contributed by atoms with Gasteiger partial charge in [-0.05, 0) is 18.2 Å². The summed E-state index contributed by atoms with van der Waals surface area (Å²) < 4.78 is 6.80. The van der Waals surface area contributed by atoms with E-state index in [-0.39, 0.29) is 5.82 Å². The second-order valence-electron chi connectivity index (χ2n) is 3.85. The minimum absolute atomic E-state index is 0.268. The summed E-state index contributed by atoms with van der Waals surface area (Å²) in [6, 6.07) is 6.05. The third-order valence-electron chi connectivity index (χ3n) is 2.44. The minimum atomic E-state index is -0.708. The number of anilines is 1. The molecule has 0 atom stereocenters. The van der Waals surface area contributed by atoms with Crippen molar-refractivity contribution in [3.63, 3.8) is 0 Å². The SMILES string of the molecule is NC(=O)Nc1cc(-n2cccn2)nc(-c2ccco2)n1. The number of hydrogen-bond acceptors (Lipinski definition) is 5. The van der Waals surface area contributed by atoms with Crippen molar-refractivity contribution in [2.24, 2.45) is 5.73 Å². The van der Waals surface area contributed by atoms with E-state index in [1.165, 1.54) is 6.26 Å². The summed E-state index contributed by atoms with van der Waals surface area (Å²) in [5, 5.41) is 6.50. The van der Waals surface area contributed by atoms with Crippen molar-refractivity contribution >= 4 is 11.8 Å². The minimum Gasteiger partial charge on any atom is -0.461 e. The quantitative estimate of drug-likeness (QED) is 0.747.